The van der Waals surface area contributed by atoms with Gasteiger partial charge >= 0.3 is 0 Å². The smallest absolute Gasteiger partial charge is 0.0888 e. The highest BCUT2D eigenvalue weighted by Crippen LogP contribution is 2.35. The lowest BCUT2D eigenvalue weighted by Gasteiger charge is -2.37. The van der Waals surface area contributed by atoms with Crippen molar-refractivity contribution in [2.45, 2.75) is 45.1 Å². The number of aryl methyl sites for hydroxylation is 1. The number of aromatic nitrogens is 1. The summed E-state index contributed by atoms with van der Waals surface area (Å²) < 4.78 is 12.0. The summed E-state index contributed by atoms with van der Waals surface area (Å²) in [4.78, 5) is 8.57. The average molecular weight is 359 g/mol. The van der Waals surface area contributed by atoms with Crippen LogP contribution < -0.4 is 0 Å². The molecule has 4 nitrogen and oxygen atoms in total. The molecule has 0 unspecified atom stereocenters. The van der Waals surface area contributed by atoms with Crippen molar-refractivity contribution >= 4 is 11.3 Å². The van der Waals surface area contributed by atoms with Crippen molar-refractivity contribution in [2.24, 2.45) is 5.92 Å². The Bertz CT molecular complexity index is 676. The molecule has 1 aliphatic carbocycles. The van der Waals surface area contributed by atoms with Crippen LogP contribution in [-0.2, 0) is 22.6 Å². The Hall–Kier alpha value is -1.27. The maximum absolute atomic E-state index is 6.06. The molecule has 1 saturated heterocycles. The minimum absolute atomic E-state index is 0.374. The maximum Gasteiger partial charge on any atom is 0.0888 e. The number of nitrogens with zero attached hydrogens (tertiary/aromatic N) is 2. The standard InChI is InChI=1S/C20H26N2O2S/c1-15-4-2-5-17(21-15)14-23-13-16-10-19-20(11-16)24-8-7-22(19)12-18-6-3-9-25-18/h2-6,9,16,19-20H,7-8,10-14H2,1H3/t16-,19-,20-/m0/s1. The lowest BCUT2D eigenvalue weighted by Crippen LogP contribution is -2.47. The molecule has 5 heteroatoms. The molecule has 0 bridgehead atoms. The molecule has 1 aliphatic heterocycles. The van der Waals surface area contributed by atoms with E-state index in [-0.39, 0.29) is 0 Å². The van der Waals surface area contributed by atoms with Crippen molar-refractivity contribution in [3.05, 3.63) is 52.0 Å². The molecule has 0 aromatic carbocycles. The molecule has 2 aromatic rings. The van der Waals surface area contributed by atoms with Gasteiger partial charge in [-0.25, -0.2) is 0 Å². The number of thiophene rings is 1. The summed E-state index contributed by atoms with van der Waals surface area (Å²) in [6.07, 6.45) is 2.67. The van der Waals surface area contributed by atoms with Crippen LogP contribution in [0, 0.1) is 12.8 Å². The van der Waals surface area contributed by atoms with E-state index in [0.717, 1.165) is 44.1 Å². The van der Waals surface area contributed by atoms with E-state index in [1.807, 2.05) is 36.5 Å². The number of morpholine rings is 1. The quantitative estimate of drug-likeness (QED) is 0.789. The van der Waals surface area contributed by atoms with E-state index in [9.17, 15) is 0 Å². The molecule has 3 atom stereocenters. The Balaban J connectivity index is 1.29. The van der Waals surface area contributed by atoms with Gasteiger partial charge in [0, 0.05) is 29.7 Å². The van der Waals surface area contributed by atoms with E-state index in [1.165, 1.54) is 11.3 Å². The molecule has 3 heterocycles. The molecule has 25 heavy (non-hydrogen) atoms. The van der Waals surface area contributed by atoms with Crippen molar-refractivity contribution in [1.29, 1.82) is 0 Å². The number of hydrogen-bond donors (Lipinski definition) is 0. The maximum atomic E-state index is 6.06. The predicted molar refractivity (Wildman–Crippen MR) is 99.6 cm³/mol. The zero-order valence-electron chi connectivity index (χ0n) is 14.8. The van der Waals surface area contributed by atoms with Gasteiger partial charge in [-0.1, -0.05) is 12.1 Å². The molecule has 4 rings (SSSR count). The number of rotatable bonds is 6. The van der Waals surface area contributed by atoms with E-state index in [1.54, 1.807) is 0 Å². The molecular weight excluding hydrogens is 332 g/mol. The van der Waals surface area contributed by atoms with Crippen LogP contribution in [0.4, 0.5) is 0 Å². The third-order valence-electron chi connectivity index (χ3n) is 5.24. The average Bonchev–Trinajstić information content (AvgIpc) is 3.25. The van der Waals surface area contributed by atoms with Crippen LogP contribution in [0.3, 0.4) is 0 Å². The fourth-order valence-electron chi connectivity index (χ4n) is 4.07. The second-order valence-corrected chi connectivity index (χ2v) is 8.18. The van der Waals surface area contributed by atoms with Gasteiger partial charge in [0.25, 0.3) is 0 Å². The summed E-state index contributed by atoms with van der Waals surface area (Å²) in [6, 6.07) is 11.0. The van der Waals surface area contributed by atoms with Gasteiger partial charge in [-0.15, -0.1) is 11.3 Å². The first kappa shape index (κ1) is 17.2. The summed E-state index contributed by atoms with van der Waals surface area (Å²) >= 11 is 1.85. The predicted octanol–water partition coefficient (Wildman–Crippen LogP) is 3.65. The van der Waals surface area contributed by atoms with Gasteiger partial charge in [-0.3, -0.25) is 9.88 Å². The van der Waals surface area contributed by atoms with Gasteiger partial charge in [0.1, 0.15) is 0 Å². The third kappa shape index (κ3) is 4.29. The summed E-state index contributed by atoms with van der Waals surface area (Å²) in [7, 11) is 0. The van der Waals surface area contributed by atoms with Crippen LogP contribution in [0.5, 0.6) is 0 Å². The highest BCUT2D eigenvalue weighted by atomic mass is 32.1. The summed E-state index contributed by atoms with van der Waals surface area (Å²) in [6.45, 7) is 6.38. The topological polar surface area (TPSA) is 34.6 Å². The van der Waals surface area contributed by atoms with Crippen LogP contribution in [0.1, 0.15) is 29.1 Å². The first-order valence-corrected chi connectivity index (χ1v) is 10.0. The number of ether oxygens (including phenoxy) is 2. The van der Waals surface area contributed by atoms with Gasteiger partial charge in [-0.05, 0) is 49.3 Å². The zero-order valence-corrected chi connectivity index (χ0v) is 15.6. The van der Waals surface area contributed by atoms with Gasteiger partial charge < -0.3 is 9.47 Å². The first-order chi connectivity index (χ1) is 12.3. The molecule has 0 radical (unpaired) electrons. The zero-order chi connectivity index (χ0) is 17.1. The largest absolute Gasteiger partial charge is 0.375 e. The SMILES string of the molecule is Cc1cccc(COC[C@@H]2C[C@@H]3OCCN(Cc4cccs4)[C@H]3C2)n1. The third-order valence-corrected chi connectivity index (χ3v) is 6.10. The van der Waals surface area contributed by atoms with Gasteiger partial charge in [0.05, 0.1) is 31.6 Å². The molecule has 2 aromatic heterocycles. The Morgan fingerprint density at radius 3 is 3.08 bits per heavy atom. The second kappa shape index (κ2) is 7.96. The molecule has 0 N–H and O–H groups in total. The van der Waals surface area contributed by atoms with Crippen molar-refractivity contribution < 1.29 is 9.47 Å². The highest BCUT2D eigenvalue weighted by molar-refractivity contribution is 7.09. The van der Waals surface area contributed by atoms with Crippen LogP contribution in [0.2, 0.25) is 0 Å². The molecule has 2 aliphatic rings. The van der Waals surface area contributed by atoms with E-state index in [0.29, 0.717) is 24.7 Å². The minimum Gasteiger partial charge on any atom is -0.375 e. The van der Waals surface area contributed by atoms with E-state index < -0.39 is 0 Å². The van der Waals surface area contributed by atoms with Gasteiger partial charge in [0.15, 0.2) is 0 Å². The Labute approximate surface area is 153 Å². The summed E-state index contributed by atoms with van der Waals surface area (Å²) in [5.74, 6) is 0.587. The molecule has 134 valence electrons. The minimum atomic E-state index is 0.374. The molecule has 0 spiro atoms. The number of pyridine rings is 1. The van der Waals surface area contributed by atoms with Gasteiger partial charge in [0.2, 0.25) is 0 Å². The van der Waals surface area contributed by atoms with Crippen LogP contribution >= 0.6 is 11.3 Å². The second-order valence-electron chi connectivity index (χ2n) is 7.15. The van der Waals surface area contributed by atoms with Crippen molar-refractivity contribution in [1.82, 2.24) is 9.88 Å². The van der Waals surface area contributed by atoms with E-state index in [4.69, 9.17) is 9.47 Å². The summed E-state index contributed by atoms with van der Waals surface area (Å²) in [5.41, 5.74) is 2.07. The Morgan fingerprint density at radius 1 is 1.28 bits per heavy atom. The van der Waals surface area contributed by atoms with Crippen molar-refractivity contribution in [3.8, 4) is 0 Å². The monoisotopic (exact) mass is 358 g/mol. The molecule has 2 fully saturated rings. The normalized spacial score (nSPS) is 26.7. The van der Waals surface area contributed by atoms with E-state index in [2.05, 4.69) is 27.4 Å². The Kier molecular flexibility index (Phi) is 5.46. The van der Waals surface area contributed by atoms with Crippen LogP contribution in [-0.4, -0.2) is 41.8 Å². The fourth-order valence-corrected chi connectivity index (χ4v) is 4.80. The molecular formula is C20H26N2O2S. The molecule has 0 amide bonds. The fraction of sp³-hybridized carbons (Fsp3) is 0.550. The van der Waals surface area contributed by atoms with Crippen molar-refractivity contribution in [2.75, 3.05) is 19.8 Å². The Morgan fingerprint density at radius 2 is 2.24 bits per heavy atom. The summed E-state index contributed by atoms with van der Waals surface area (Å²) in [5, 5.41) is 2.16. The first-order valence-electron chi connectivity index (χ1n) is 9.16. The van der Waals surface area contributed by atoms with Gasteiger partial charge in [-0.2, -0.15) is 0 Å². The molecule has 1 saturated carbocycles. The van der Waals surface area contributed by atoms with Crippen LogP contribution in [0.25, 0.3) is 0 Å². The van der Waals surface area contributed by atoms with Crippen LogP contribution in [0.15, 0.2) is 35.7 Å². The lowest BCUT2D eigenvalue weighted by atomic mass is 10.1. The number of fused-ring (bicyclic) bond motifs is 1. The lowest BCUT2D eigenvalue weighted by molar-refractivity contribution is -0.0588. The highest BCUT2D eigenvalue weighted by Gasteiger charge is 2.40. The van der Waals surface area contributed by atoms with E-state index >= 15 is 0 Å². The van der Waals surface area contributed by atoms with Crippen molar-refractivity contribution in [3.63, 3.8) is 0 Å². The number of hydrogen-bond acceptors (Lipinski definition) is 5.